The topological polar surface area (TPSA) is 99.8 Å². The predicted octanol–water partition coefficient (Wildman–Crippen LogP) is 6.62. The van der Waals surface area contributed by atoms with Crippen LogP contribution in [-0.2, 0) is 17.9 Å². The number of nitrogens with one attached hydrogen (secondary N) is 3. The number of imidazole rings is 1. The van der Waals surface area contributed by atoms with E-state index in [1.165, 1.54) is 11.3 Å². The Morgan fingerprint density at radius 1 is 1.10 bits per heavy atom. The minimum Gasteiger partial charge on any atom is -0.352 e. The van der Waals surface area contributed by atoms with E-state index in [2.05, 4.69) is 25.6 Å². The molecule has 2 aromatic heterocycles. The minimum atomic E-state index is -4.35. The highest BCUT2D eigenvalue weighted by Gasteiger charge is 2.30. The number of amides is 2. The molecule has 3 aromatic rings. The van der Waals surface area contributed by atoms with Crippen molar-refractivity contribution in [3.8, 4) is 0 Å². The Balaban J connectivity index is 0.000000449. The fraction of sp³-hybridized carbons (Fsp3) is 0.538. The van der Waals surface area contributed by atoms with Crippen molar-refractivity contribution >= 4 is 34.2 Å². The number of hydrogen-bond acceptors (Lipinski definition) is 5. The maximum absolute atomic E-state index is 12.4. The van der Waals surface area contributed by atoms with Crippen LogP contribution in [0.3, 0.4) is 0 Å². The van der Waals surface area contributed by atoms with Crippen molar-refractivity contribution in [1.82, 2.24) is 25.6 Å². The van der Waals surface area contributed by atoms with Crippen LogP contribution in [0.2, 0.25) is 0 Å². The van der Waals surface area contributed by atoms with E-state index in [0.29, 0.717) is 35.4 Å². The van der Waals surface area contributed by atoms with Crippen LogP contribution in [0.4, 0.5) is 22.0 Å². The number of alkyl halides is 5. The van der Waals surface area contributed by atoms with Crippen molar-refractivity contribution in [2.75, 3.05) is 0 Å². The molecule has 0 spiro atoms. The van der Waals surface area contributed by atoms with Crippen LogP contribution < -0.4 is 10.6 Å². The molecule has 0 radical (unpaired) electrons. The Kier molecular flexibility index (Phi) is 10.4. The molecule has 2 amide bonds. The molecule has 1 fully saturated rings. The zero-order chi connectivity index (χ0) is 28.6. The van der Waals surface area contributed by atoms with Gasteiger partial charge >= 0.3 is 6.18 Å². The maximum Gasteiger partial charge on any atom is 0.389 e. The first-order valence-electron chi connectivity index (χ1n) is 12.7. The van der Waals surface area contributed by atoms with Gasteiger partial charge in [0.15, 0.2) is 0 Å². The molecule has 0 saturated heterocycles. The van der Waals surface area contributed by atoms with Crippen molar-refractivity contribution in [1.29, 1.82) is 0 Å². The summed E-state index contributed by atoms with van der Waals surface area (Å²) in [5.74, 6) is -2.50. The Morgan fingerprint density at radius 3 is 2.44 bits per heavy atom. The smallest absolute Gasteiger partial charge is 0.352 e. The maximum atomic E-state index is 12.4. The molecule has 1 saturated carbocycles. The van der Waals surface area contributed by atoms with E-state index in [-0.39, 0.29) is 37.8 Å². The third-order valence-corrected chi connectivity index (χ3v) is 7.19. The number of halogens is 5. The van der Waals surface area contributed by atoms with E-state index in [4.69, 9.17) is 0 Å². The summed E-state index contributed by atoms with van der Waals surface area (Å²) in [4.78, 5) is 36.6. The molecule has 0 bridgehead atoms. The molecule has 4 rings (SSSR count). The molecule has 2 heterocycles. The van der Waals surface area contributed by atoms with Crippen LogP contribution >= 0.6 is 11.3 Å². The van der Waals surface area contributed by atoms with Crippen molar-refractivity contribution in [2.24, 2.45) is 0 Å². The average molecular weight is 574 g/mol. The highest BCUT2D eigenvalue weighted by atomic mass is 32.1. The number of benzene rings is 1. The lowest BCUT2D eigenvalue weighted by molar-refractivity contribution is -0.144. The molecule has 0 aliphatic heterocycles. The normalized spacial score (nSPS) is 15.1. The van der Waals surface area contributed by atoms with Gasteiger partial charge in [0.25, 0.3) is 5.91 Å². The van der Waals surface area contributed by atoms with Crippen molar-refractivity contribution < 1.29 is 31.5 Å². The summed E-state index contributed by atoms with van der Waals surface area (Å²) in [6.07, 6.45) is -3.44. The van der Waals surface area contributed by atoms with Gasteiger partial charge in [-0.1, -0.05) is 26.3 Å². The number of H-pyrrole nitrogens is 1. The SMILES string of the molecule is CC(C)c1scnc1C(=O)NCc1nc2ccc(CNC(=O)CCC(F)(F)F)cc2[nH]1.FC1(F)CCCCC1. The highest BCUT2D eigenvalue weighted by molar-refractivity contribution is 7.10. The van der Waals surface area contributed by atoms with Gasteiger partial charge in [0.1, 0.15) is 11.5 Å². The highest BCUT2D eigenvalue weighted by Crippen LogP contribution is 2.32. The minimum absolute atomic E-state index is 0.111. The van der Waals surface area contributed by atoms with Crippen LogP contribution in [0.15, 0.2) is 23.7 Å². The van der Waals surface area contributed by atoms with Crippen LogP contribution in [0.25, 0.3) is 11.0 Å². The molecule has 0 atom stereocenters. The summed E-state index contributed by atoms with van der Waals surface area (Å²) >= 11 is 1.44. The molecule has 1 aromatic carbocycles. The van der Waals surface area contributed by atoms with E-state index in [1.807, 2.05) is 13.8 Å². The van der Waals surface area contributed by atoms with Gasteiger partial charge < -0.3 is 15.6 Å². The fourth-order valence-electron chi connectivity index (χ4n) is 4.00. The summed E-state index contributed by atoms with van der Waals surface area (Å²) in [5, 5.41) is 5.28. The second kappa shape index (κ2) is 13.3. The van der Waals surface area contributed by atoms with Crippen LogP contribution in [0.1, 0.15) is 91.5 Å². The number of hydrogen-bond donors (Lipinski definition) is 3. The van der Waals surface area contributed by atoms with Crippen molar-refractivity contribution in [3.63, 3.8) is 0 Å². The Bertz CT molecular complexity index is 1250. The van der Waals surface area contributed by atoms with Crippen LogP contribution in [0.5, 0.6) is 0 Å². The summed E-state index contributed by atoms with van der Waals surface area (Å²) in [7, 11) is 0. The summed E-state index contributed by atoms with van der Waals surface area (Å²) in [5.41, 5.74) is 4.15. The van der Waals surface area contributed by atoms with Crippen LogP contribution in [-0.4, -0.2) is 38.9 Å². The lowest BCUT2D eigenvalue weighted by Crippen LogP contribution is -2.24. The first-order valence-corrected chi connectivity index (χ1v) is 13.6. The summed E-state index contributed by atoms with van der Waals surface area (Å²) < 4.78 is 61.0. The predicted molar refractivity (Wildman–Crippen MR) is 139 cm³/mol. The molecular weight excluding hydrogens is 541 g/mol. The third kappa shape index (κ3) is 9.86. The standard InChI is InChI=1S/C20H22F3N5O2S.C6H10F2/c1-11(2)18-17(26-10-31-18)19(30)25-9-15-27-13-4-3-12(7-14(13)28-15)8-24-16(29)5-6-20(21,22)23;7-6(8)4-2-1-3-5-6/h3-4,7,10-11H,5-6,8-9H2,1-2H3,(H,24,29)(H,25,30)(H,27,28);1-5H2. The molecular formula is C26H32F5N5O2S. The fourth-order valence-corrected chi connectivity index (χ4v) is 4.80. The van der Waals surface area contributed by atoms with Gasteiger partial charge in [-0.25, -0.2) is 18.7 Å². The molecule has 1 aliphatic rings. The summed E-state index contributed by atoms with van der Waals surface area (Å²) in [6.45, 7) is 4.30. The number of aromatic amines is 1. The summed E-state index contributed by atoms with van der Waals surface area (Å²) in [6, 6.07) is 5.24. The van der Waals surface area contributed by atoms with Gasteiger partial charge in [-0.2, -0.15) is 13.2 Å². The lowest BCUT2D eigenvalue weighted by atomic mass is 9.97. The van der Waals surface area contributed by atoms with E-state index < -0.39 is 30.8 Å². The molecule has 7 nitrogen and oxygen atoms in total. The van der Waals surface area contributed by atoms with Crippen LogP contribution in [0, 0.1) is 0 Å². The molecule has 13 heteroatoms. The number of carbonyl (C=O) groups is 2. The average Bonchev–Trinajstić information content (AvgIpc) is 3.51. The Hall–Kier alpha value is -3.09. The van der Waals surface area contributed by atoms with Crippen molar-refractivity contribution in [2.45, 2.75) is 89.9 Å². The molecule has 3 N–H and O–H groups in total. The van der Waals surface area contributed by atoms with E-state index in [9.17, 15) is 31.5 Å². The number of aromatic nitrogens is 3. The number of thiazole rings is 1. The number of rotatable bonds is 8. The Morgan fingerprint density at radius 2 is 1.82 bits per heavy atom. The lowest BCUT2D eigenvalue weighted by Gasteiger charge is -2.20. The molecule has 39 heavy (non-hydrogen) atoms. The first-order chi connectivity index (χ1) is 18.3. The van der Waals surface area contributed by atoms with Gasteiger partial charge in [-0.15, -0.1) is 11.3 Å². The van der Waals surface area contributed by atoms with E-state index >= 15 is 0 Å². The molecule has 1 aliphatic carbocycles. The molecule has 0 unspecified atom stereocenters. The van der Waals surface area contributed by atoms with E-state index in [1.54, 1.807) is 23.7 Å². The van der Waals surface area contributed by atoms with E-state index in [0.717, 1.165) is 16.9 Å². The zero-order valence-corrected chi connectivity index (χ0v) is 22.6. The molecule has 214 valence electrons. The number of carbonyl (C=O) groups excluding carboxylic acids is 2. The second-order valence-electron chi connectivity index (χ2n) is 9.75. The van der Waals surface area contributed by atoms with Gasteiger partial charge in [-0.3, -0.25) is 9.59 Å². The largest absolute Gasteiger partial charge is 0.389 e. The third-order valence-electron chi connectivity index (χ3n) is 6.06. The van der Waals surface area contributed by atoms with Gasteiger partial charge in [0.2, 0.25) is 11.8 Å². The van der Waals surface area contributed by atoms with Gasteiger partial charge in [0, 0.05) is 30.7 Å². The number of fused-ring (bicyclic) bond motifs is 1. The second-order valence-corrected chi connectivity index (χ2v) is 10.6. The van der Waals surface area contributed by atoms with Crippen molar-refractivity contribution in [3.05, 3.63) is 45.7 Å². The van der Waals surface area contributed by atoms with Gasteiger partial charge in [-0.05, 0) is 36.5 Å². The number of nitrogens with zero attached hydrogens (tertiary/aromatic N) is 2. The quantitative estimate of drug-likeness (QED) is 0.264. The first kappa shape index (κ1) is 30.5. The monoisotopic (exact) mass is 573 g/mol. The Labute approximate surface area is 227 Å². The van der Waals surface area contributed by atoms with Gasteiger partial charge in [0.05, 0.1) is 29.5 Å². The zero-order valence-electron chi connectivity index (χ0n) is 21.8.